The number of ether oxygens (including phenoxy) is 2. The molecular weight excluding hydrogens is 479 g/mol. The zero-order valence-electron chi connectivity index (χ0n) is 20.1. The number of rotatable bonds is 4. The summed E-state index contributed by atoms with van der Waals surface area (Å²) in [5.41, 5.74) is 5.67. The molecule has 0 bridgehead atoms. The average Bonchev–Trinajstić information content (AvgIpc) is 2.86. The summed E-state index contributed by atoms with van der Waals surface area (Å²) < 4.78 is 25.5. The molecule has 2 aromatic heterocycles. The molecule has 0 unspecified atom stereocenters. The molecule has 0 spiro atoms. The Bertz CT molecular complexity index is 1470. The van der Waals surface area contributed by atoms with Crippen molar-refractivity contribution in [3.63, 3.8) is 0 Å². The predicted molar refractivity (Wildman–Crippen MR) is 137 cm³/mol. The van der Waals surface area contributed by atoms with E-state index in [4.69, 9.17) is 20.3 Å². The molecule has 0 fully saturated rings. The van der Waals surface area contributed by atoms with E-state index in [2.05, 4.69) is 24.1 Å². The van der Waals surface area contributed by atoms with E-state index in [-0.39, 0.29) is 11.1 Å². The predicted octanol–water partition coefficient (Wildman–Crippen LogP) is 4.71. The third-order valence-electron chi connectivity index (χ3n) is 5.29. The number of carboxylic acid groups (broad SMARTS) is 1. The number of halogens is 1. The number of nitrogens with zero attached hydrogens (tertiary/aromatic N) is 2. The van der Waals surface area contributed by atoms with Gasteiger partial charge in [0.15, 0.2) is 11.6 Å². The first kappa shape index (κ1) is 25.2. The normalized spacial score (nSPS) is 13.2. The Labute approximate surface area is 211 Å². The number of hydrogen-bond donors (Lipinski definition) is 3. The molecule has 1 aliphatic rings. The third-order valence-corrected chi connectivity index (χ3v) is 5.29. The van der Waals surface area contributed by atoms with Crippen LogP contribution in [0.3, 0.4) is 0 Å². The third kappa shape index (κ3) is 6.04. The van der Waals surface area contributed by atoms with Gasteiger partial charge in [-0.3, -0.25) is 9.36 Å². The van der Waals surface area contributed by atoms with Gasteiger partial charge in [0, 0.05) is 29.8 Å². The fourth-order valence-corrected chi connectivity index (χ4v) is 3.47. The van der Waals surface area contributed by atoms with Gasteiger partial charge in [0.2, 0.25) is 5.75 Å². The van der Waals surface area contributed by atoms with E-state index < -0.39 is 17.3 Å². The molecule has 4 N–H and O–H groups in total. The Hall–Kier alpha value is -4.86. The molecule has 1 aliphatic heterocycles. The van der Waals surface area contributed by atoms with E-state index in [9.17, 15) is 14.0 Å². The fourth-order valence-electron chi connectivity index (χ4n) is 3.47. The number of nitrogens with two attached hydrogens (primary N) is 1. The first-order chi connectivity index (χ1) is 17.6. The highest BCUT2D eigenvalue weighted by Crippen LogP contribution is 2.40. The highest BCUT2D eigenvalue weighted by Gasteiger charge is 2.28. The maximum Gasteiger partial charge on any atom is 0.341 e. The lowest BCUT2D eigenvalue weighted by Gasteiger charge is -2.33. The average molecular weight is 505 g/mol. The fraction of sp³-hybridized carbons (Fsp3) is 0.148. The summed E-state index contributed by atoms with van der Waals surface area (Å²) in [4.78, 5) is 26.9. The van der Waals surface area contributed by atoms with Crippen LogP contribution in [0.4, 0.5) is 15.9 Å². The molecule has 0 radical (unpaired) electrons. The van der Waals surface area contributed by atoms with Gasteiger partial charge in [-0.1, -0.05) is 0 Å². The summed E-state index contributed by atoms with van der Waals surface area (Å²) in [6, 6.07) is 16.9. The van der Waals surface area contributed by atoms with E-state index in [1.54, 1.807) is 24.4 Å². The van der Waals surface area contributed by atoms with Crippen LogP contribution in [0.15, 0.2) is 83.9 Å². The van der Waals surface area contributed by atoms with E-state index in [1.807, 2.05) is 12.1 Å². The Morgan fingerprint density at radius 1 is 1.14 bits per heavy atom. The zero-order chi connectivity index (χ0) is 26.6. The minimum atomic E-state index is -1.29. The minimum absolute atomic E-state index is 0.139. The van der Waals surface area contributed by atoms with Crippen molar-refractivity contribution in [2.24, 2.45) is 0 Å². The summed E-state index contributed by atoms with van der Waals surface area (Å²) in [5, 5.41) is 12.1. The summed E-state index contributed by atoms with van der Waals surface area (Å²) in [6.07, 6.45) is 3.13. The van der Waals surface area contributed by atoms with Crippen molar-refractivity contribution >= 4 is 17.5 Å². The molecule has 0 saturated heterocycles. The van der Waals surface area contributed by atoms with Gasteiger partial charge in [0.25, 0.3) is 5.56 Å². The van der Waals surface area contributed by atoms with Crippen LogP contribution in [0.5, 0.6) is 17.2 Å². The monoisotopic (exact) mass is 504 g/mol. The number of hydrogen-bond acceptors (Lipinski definition) is 7. The van der Waals surface area contributed by atoms with Gasteiger partial charge in [0.05, 0.1) is 5.54 Å². The Kier molecular flexibility index (Phi) is 7.10. The van der Waals surface area contributed by atoms with Crippen LogP contribution < -0.4 is 26.1 Å². The second-order valence-electron chi connectivity index (χ2n) is 8.83. The van der Waals surface area contributed by atoms with Crippen molar-refractivity contribution in [2.45, 2.75) is 19.4 Å². The van der Waals surface area contributed by atoms with Gasteiger partial charge in [-0.25, -0.2) is 14.2 Å². The van der Waals surface area contributed by atoms with Crippen molar-refractivity contribution in [3.8, 4) is 22.9 Å². The molecule has 37 heavy (non-hydrogen) atoms. The number of pyridine rings is 2. The number of anilines is 2. The first-order valence-corrected chi connectivity index (χ1v) is 11.3. The van der Waals surface area contributed by atoms with E-state index in [1.165, 1.54) is 42.6 Å². The maximum atomic E-state index is 12.7. The summed E-state index contributed by atoms with van der Waals surface area (Å²) >= 11 is 0. The number of aromatic carboxylic acids is 1. The zero-order valence-corrected chi connectivity index (χ0v) is 20.1. The van der Waals surface area contributed by atoms with Crippen LogP contribution in [0.2, 0.25) is 0 Å². The van der Waals surface area contributed by atoms with Crippen LogP contribution in [0, 0.1) is 5.82 Å². The number of fused-ring (bicyclic) bond motifs is 1. The molecule has 0 saturated carbocycles. The molecule has 2 aromatic carbocycles. The quantitative estimate of drug-likeness (QED) is 0.341. The molecule has 0 amide bonds. The van der Waals surface area contributed by atoms with Gasteiger partial charge >= 0.3 is 5.97 Å². The Morgan fingerprint density at radius 2 is 1.84 bits per heavy atom. The maximum absolute atomic E-state index is 12.7. The van der Waals surface area contributed by atoms with Crippen LogP contribution >= 0.6 is 0 Å². The van der Waals surface area contributed by atoms with Gasteiger partial charge < -0.3 is 25.6 Å². The van der Waals surface area contributed by atoms with Crippen molar-refractivity contribution in [1.82, 2.24) is 9.55 Å². The number of carboxylic acids is 1. The molecule has 3 heterocycles. The smallest absolute Gasteiger partial charge is 0.341 e. The Balaban J connectivity index is 0.000000176. The highest BCUT2D eigenvalue weighted by molar-refractivity contribution is 5.87. The van der Waals surface area contributed by atoms with Gasteiger partial charge in [-0.05, 0) is 74.5 Å². The minimum Gasteiger partial charge on any atom is -0.484 e. The standard InChI is InChI=1S/C15H17N3O2.C12H8FNO3/c1-15(2)9-19-13-12(7-8-17-14(13)18-15)20-11-5-3-10(16)4-6-11;13-8-3-5-9(6-4-8)14-7-1-2-10(11(14)15)12(16)17/h3-8H,9,16H2,1-2H3,(H,17,18);1-7H,(H,16,17). The lowest BCUT2D eigenvalue weighted by atomic mass is 10.1. The first-order valence-electron chi connectivity index (χ1n) is 11.3. The van der Waals surface area contributed by atoms with Crippen LogP contribution in [-0.2, 0) is 0 Å². The van der Waals surface area contributed by atoms with Gasteiger partial charge in [-0.2, -0.15) is 0 Å². The number of nitrogens with one attached hydrogen (secondary N) is 1. The molecule has 9 nitrogen and oxygen atoms in total. The highest BCUT2D eigenvalue weighted by atomic mass is 19.1. The molecule has 0 aliphatic carbocycles. The topological polar surface area (TPSA) is 129 Å². The van der Waals surface area contributed by atoms with Gasteiger partial charge in [0.1, 0.15) is 23.7 Å². The second kappa shape index (κ2) is 10.4. The molecule has 4 aromatic rings. The number of benzene rings is 2. The summed E-state index contributed by atoms with van der Waals surface area (Å²) in [7, 11) is 0. The lowest BCUT2D eigenvalue weighted by molar-refractivity contribution is 0.0694. The number of carbonyl (C=O) groups is 1. The van der Waals surface area contributed by atoms with Crippen molar-refractivity contribution in [2.75, 3.05) is 17.7 Å². The van der Waals surface area contributed by atoms with E-state index in [0.29, 0.717) is 41.0 Å². The lowest BCUT2D eigenvalue weighted by Crippen LogP contribution is -2.41. The van der Waals surface area contributed by atoms with Crippen molar-refractivity contribution in [3.05, 3.63) is 101 Å². The largest absolute Gasteiger partial charge is 0.484 e. The molecule has 10 heteroatoms. The summed E-state index contributed by atoms with van der Waals surface area (Å²) in [5.74, 6) is 0.990. The van der Waals surface area contributed by atoms with E-state index in [0.717, 1.165) is 4.57 Å². The van der Waals surface area contributed by atoms with Crippen LogP contribution in [0.25, 0.3) is 5.69 Å². The Morgan fingerprint density at radius 3 is 2.51 bits per heavy atom. The number of aromatic nitrogens is 2. The second-order valence-corrected chi connectivity index (χ2v) is 8.83. The summed E-state index contributed by atoms with van der Waals surface area (Å²) in [6.45, 7) is 4.68. The van der Waals surface area contributed by atoms with Gasteiger partial charge in [-0.15, -0.1) is 0 Å². The van der Waals surface area contributed by atoms with Crippen LogP contribution in [0.1, 0.15) is 24.2 Å². The van der Waals surface area contributed by atoms with Crippen molar-refractivity contribution in [1.29, 1.82) is 0 Å². The molecule has 0 atom stereocenters. The van der Waals surface area contributed by atoms with Crippen molar-refractivity contribution < 1.29 is 23.8 Å². The number of nitrogen functional groups attached to an aromatic ring is 1. The van der Waals surface area contributed by atoms with Crippen LogP contribution in [-0.4, -0.2) is 32.8 Å². The molecule has 190 valence electrons. The van der Waals surface area contributed by atoms with E-state index >= 15 is 0 Å². The SMILES string of the molecule is CC1(C)COc2c(Oc3ccc(N)cc3)ccnc2N1.O=C(O)c1cccn(-c2ccc(F)cc2)c1=O. The molecular formula is C27H25FN4O5. The molecule has 5 rings (SSSR count).